The van der Waals surface area contributed by atoms with Crippen LogP contribution in [-0.4, -0.2) is 12.4 Å². The molecule has 1 unspecified atom stereocenters. The number of rotatable bonds is 3. The van der Waals surface area contributed by atoms with E-state index in [0.717, 1.165) is 23.8 Å². The Morgan fingerprint density at radius 1 is 1.20 bits per heavy atom. The Labute approximate surface area is 115 Å². The van der Waals surface area contributed by atoms with Gasteiger partial charge in [-0.3, -0.25) is 4.79 Å². The molecule has 1 heterocycles. The van der Waals surface area contributed by atoms with Crippen LogP contribution < -0.4 is 4.74 Å². The number of ketones is 1. The van der Waals surface area contributed by atoms with Gasteiger partial charge in [0.15, 0.2) is 0 Å². The summed E-state index contributed by atoms with van der Waals surface area (Å²) in [4.78, 5) is 12.3. The van der Waals surface area contributed by atoms with Gasteiger partial charge in [0.2, 0.25) is 0 Å². The fraction of sp³-hybridized carbons (Fsp3) is 0.188. The van der Waals surface area contributed by atoms with Crippen molar-refractivity contribution in [1.82, 2.24) is 0 Å². The second-order valence-electron chi connectivity index (χ2n) is 4.78. The molecule has 102 valence electrons. The first-order valence-electron chi connectivity index (χ1n) is 6.33. The number of para-hydroxylation sites is 1. The van der Waals surface area contributed by atoms with Gasteiger partial charge in [-0.05, 0) is 29.8 Å². The predicted molar refractivity (Wildman–Crippen MR) is 69.7 cm³/mol. The van der Waals surface area contributed by atoms with Crippen molar-refractivity contribution in [3.8, 4) is 5.75 Å². The number of halogens is 2. The predicted octanol–water partition coefficient (Wildman–Crippen LogP) is 3.25. The van der Waals surface area contributed by atoms with Crippen LogP contribution in [0.15, 0.2) is 42.5 Å². The van der Waals surface area contributed by atoms with Crippen LogP contribution in [0.5, 0.6) is 5.75 Å². The smallest absolute Gasteiger partial charge is 0.148 e. The first kappa shape index (κ1) is 12.8. The third-order valence-corrected chi connectivity index (χ3v) is 3.46. The fourth-order valence-corrected chi connectivity index (χ4v) is 2.42. The van der Waals surface area contributed by atoms with E-state index in [1.807, 2.05) is 18.2 Å². The van der Waals surface area contributed by atoms with E-state index in [-0.39, 0.29) is 24.4 Å². The summed E-state index contributed by atoms with van der Waals surface area (Å²) in [7, 11) is 0. The number of carbonyl (C=O) groups is 1. The number of benzene rings is 2. The first-order chi connectivity index (χ1) is 9.65. The zero-order valence-corrected chi connectivity index (χ0v) is 10.6. The highest BCUT2D eigenvalue weighted by molar-refractivity contribution is 5.89. The molecule has 0 N–H and O–H groups in total. The molecule has 0 spiro atoms. The molecule has 1 aliphatic heterocycles. The van der Waals surface area contributed by atoms with Gasteiger partial charge < -0.3 is 4.74 Å². The van der Waals surface area contributed by atoms with Crippen LogP contribution >= 0.6 is 0 Å². The molecule has 2 aromatic rings. The van der Waals surface area contributed by atoms with Gasteiger partial charge in [0.1, 0.15) is 29.8 Å². The average molecular weight is 274 g/mol. The van der Waals surface area contributed by atoms with E-state index in [0.29, 0.717) is 5.75 Å². The van der Waals surface area contributed by atoms with E-state index in [1.54, 1.807) is 6.07 Å². The Morgan fingerprint density at radius 3 is 2.85 bits per heavy atom. The Hall–Kier alpha value is -2.23. The zero-order valence-electron chi connectivity index (χ0n) is 10.6. The van der Waals surface area contributed by atoms with E-state index in [2.05, 4.69) is 0 Å². The summed E-state index contributed by atoms with van der Waals surface area (Å²) >= 11 is 0. The van der Waals surface area contributed by atoms with Crippen molar-refractivity contribution in [3.05, 3.63) is 65.2 Å². The first-order valence-corrected chi connectivity index (χ1v) is 6.33. The van der Waals surface area contributed by atoms with Crippen LogP contribution in [0.2, 0.25) is 0 Å². The van der Waals surface area contributed by atoms with Crippen molar-refractivity contribution in [2.24, 2.45) is 0 Å². The second kappa shape index (κ2) is 5.04. The van der Waals surface area contributed by atoms with Gasteiger partial charge in [-0.15, -0.1) is 0 Å². The average Bonchev–Trinajstić information content (AvgIpc) is 2.87. The maximum atomic E-state index is 13.6. The molecule has 2 nitrogen and oxygen atoms in total. The molecular weight excluding hydrogens is 262 g/mol. The van der Waals surface area contributed by atoms with Crippen molar-refractivity contribution >= 4 is 5.78 Å². The van der Waals surface area contributed by atoms with E-state index in [1.165, 1.54) is 0 Å². The molecule has 4 heteroatoms. The molecule has 3 rings (SSSR count). The third kappa shape index (κ3) is 2.29. The van der Waals surface area contributed by atoms with Crippen LogP contribution in [0.4, 0.5) is 8.78 Å². The van der Waals surface area contributed by atoms with Gasteiger partial charge in [0, 0.05) is 12.0 Å². The Balaban J connectivity index is 1.83. The van der Waals surface area contributed by atoms with Gasteiger partial charge in [-0.25, -0.2) is 8.78 Å². The Bertz CT molecular complexity index is 667. The van der Waals surface area contributed by atoms with Crippen LogP contribution in [0.25, 0.3) is 0 Å². The van der Waals surface area contributed by atoms with Crippen molar-refractivity contribution < 1.29 is 18.3 Å². The monoisotopic (exact) mass is 274 g/mol. The van der Waals surface area contributed by atoms with Gasteiger partial charge in [0.25, 0.3) is 0 Å². The molecule has 20 heavy (non-hydrogen) atoms. The van der Waals surface area contributed by atoms with Crippen molar-refractivity contribution in [1.29, 1.82) is 0 Å². The largest absolute Gasteiger partial charge is 0.492 e. The van der Waals surface area contributed by atoms with Gasteiger partial charge >= 0.3 is 0 Å². The molecule has 0 saturated carbocycles. The summed E-state index contributed by atoms with van der Waals surface area (Å²) < 4.78 is 32.1. The normalized spacial score (nSPS) is 16.6. The summed E-state index contributed by atoms with van der Waals surface area (Å²) in [5.41, 5.74) is 0.897. The van der Waals surface area contributed by atoms with Crippen LogP contribution in [0, 0.1) is 11.6 Å². The van der Waals surface area contributed by atoms with Gasteiger partial charge in [-0.1, -0.05) is 18.2 Å². The third-order valence-electron chi connectivity index (χ3n) is 3.46. The summed E-state index contributed by atoms with van der Waals surface area (Å²) in [5.74, 6) is -0.997. The lowest BCUT2D eigenvalue weighted by Gasteiger charge is -2.08. The van der Waals surface area contributed by atoms with Crippen LogP contribution in [-0.2, 0) is 11.2 Å². The summed E-state index contributed by atoms with van der Waals surface area (Å²) in [6.07, 6.45) is -0.133. The standard InChI is InChI=1S/C16H12F2O2/c17-11-5-6-14(18)10(7-11)8-15(19)13-9-20-16-4-2-1-3-12(13)16/h1-7,13H,8-9H2. The van der Waals surface area contributed by atoms with Gasteiger partial charge in [-0.2, -0.15) is 0 Å². The number of ether oxygens (including phenoxy) is 1. The summed E-state index contributed by atoms with van der Waals surface area (Å²) in [6.45, 7) is 0.259. The molecule has 0 saturated heterocycles. The molecule has 2 aromatic carbocycles. The van der Waals surface area contributed by atoms with E-state index < -0.39 is 17.6 Å². The number of hydrogen-bond acceptors (Lipinski definition) is 2. The maximum Gasteiger partial charge on any atom is 0.148 e. The molecular formula is C16H12F2O2. The Kier molecular flexibility index (Phi) is 3.22. The minimum Gasteiger partial charge on any atom is -0.492 e. The molecule has 0 aromatic heterocycles. The molecule has 0 bridgehead atoms. The van der Waals surface area contributed by atoms with Crippen molar-refractivity contribution in [2.45, 2.75) is 12.3 Å². The van der Waals surface area contributed by atoms with Gasteiger partial charge in [0.05, 0.1) is 5.92 Å². The quantitative estimate of drug-likeness (QED) is 0.858. The lowest BCUT2D eigenvalue weighted by Crippen LogP contribution is -2.17. The second-order valence-corrected chi connectivity index (χ2v) is 4.78. The van der Waals surface area contributed by atoms with E-state index in [9.17, 15) is 13.6 Å². The topological polar surface area (TPSA) is 26.3 Å². The molecule has 0 aliphatic carbocycles. The maximum absolute atomic E-state index is 13.6. The lowest BCUT2D eigenvalue weighted by atomic mass is 9.92. The highest BCUT2D eigenvalue weighted by Gasteiger charge is 2.30. The Morgan fingerprint density at radius 2 is 2.00 bits per heavy atom. The van der Waals surface area contributed by atoms with Crippen LogP contribution in [0.3, 0.4) is 0 Å². The number of fused-ring (bicyclic) bond motifs is 1. The molecule has 0 amide bonds. The minimum atomic E-state index is -0.563. The van der Waals surface area contributed by atoms with E-state index >= 15 is 0 Å². The lowest BCUT2D eigenvalue weighted by molar-refractivity contribution is -0.120. The fourth-order valence-electron chi connectivity index (χ4n) is 2.42. The van der Waals surface area contributed by atoms with Crippen LogP contribution in [0.1, 0.15) is 17.0 Å². The molecule has 1 atom stereocenters. The summed E-state index contributed by atoms with van der Waals surface area (Å²) in [5, 5.41) is 0. The highest BCUT2D eigenvalue weighted by Crippen LogP contribution is 2.34. The summed E-state index contributed by atoms with van der Waals surface area (Å²) in [6, 6.07) is 10.4. The SMILES string of the molecule is O=C(Cc1cc(F)ccc1F)C1COc2ccccc21. The number of carbonyl (C=O) groups excluding carboxylic acids is 1. The number of Topliss-reactive ketones (excluding diaryl/α,β-unsaturated/α-hetero) is 1. The zero-order chi connectivity index (χ0) is 14.1. The minimum absolute atomic E-state index is 0.0828. The van der Waals surface area contributed by atoms with E-state index in [4.69, 9.17) is 4.74 Å². The number of hydrogen-bond donors (Lipinski definition) is 0. The molecule has 0 fully saturated rings. The molecule has 0 radical (unpaired) electrons. The van der Waals surface area contributed by atoms with Crippen molar-refractivity contribution in [2.75, 3.05) is 6.61 Å². The van der Waals surface area contributed by atoms with Crippen molar-refractivity contribution in [3.63, 3.8) is 0 Å². The molecule has 1 aliphatic rings. The highest BCUT2D eigenvalue weighted by atomic mass is 19.1.